The van der Waals surface area contributed by atoms with Gasteiger partial charge >= 0.3 is 0 Å². The summed E-state index contributed by atoms with van der Waals surface area (Å²) in [6.45, 7) is 6.54. The lowest BCUT2D eigenvalue weighted by Gasteiger charge is -2.27. The van der Waals surface area contributed by atoms with Crippen molar-refractivity contribution < 1.29 is 4.79 Å². The number of amides is 1. The molecule has 0 fully saturated rings. The zero-order chi connectivity index (χ0) is 15.5. The van der Waals surface area contributed by atoms with E-state index in [0.717, 1.165) is 16.5 Å². The van der Waals surface area contributed by atoms with Crippen LogP contribution in [-0.2, 0) is 0 Å². The molecule has 0 aliphatic heterocycles. The summed E-state index contributed by atoms with van der Waals surface area (Å²) < 4.78 is 0.875. The van der Waals surface area contributed by atoms with Gasteiger partial charge in [0.25, 0.3) is 5.91 Å². The monoisotopic (exact) mass is 348 g/mol. The summed E-state index contributed by atoms with van der Waals surface area (Å²) in [6.07, 6.45) is 2.64. The van der Waals surface area contributed by atoms with Crippen molar-refractivity contribution in [3.63, 3.8) is 0 Å². The Kier molecular flexibility index (Phi) is 4.88. The van der Waals surface area contributed by atoms with E-state index >= 15 is 0 Å². The summed E-state index contributed by atoms with van der Waals surface area (Å²) in [5, 5.41) is 3.13. The number of hydrogen-bond acceptors (Lipinski definition) is 1. The van der Waals surface area contributed by atoms with Gasteiger partial charge in [0, 0.05) is 10.7 Å². The number of benzene rings is 1. The summed E-state index contributed by atoms with van der Waals surface area (Å²) in [6, 6.07) is 11.9. The first-order valence-electron chi connectivity index (χ1n) is 7.05. The Bertz CT molecular complexity index is 599. The largest absolute Gasteiger partial charge is 0.356 e. The summed E-state index contributed by atoms with van der Waals surface area (Å²) >= 11 is 3.35. The van der Waals surface area contributed by atoms with Crippen LogP contribution in [0.25, 0.3) is 0 Å². The molecule has 0 aliphatic carbocycles. The van der Waals surface area contributed by atoms with Gasteiger partial charge in [0.05, 0.1) is 6.04 Å². The normalized spacial score (nSPS) is 13.0. The van der Waals surface area contributed by atoms with Crippen molar-refractivity contribution in [3.05, 3.63) is 58.3 Å². The highest BCUT2D eigenvalue weighted by atomic mass is 79.9. The summed E-state index contributed by atoms with van der Waals surface area (Å²) in [7, 11) is 0. The third kappa shape index (κ3) is 4.74. The molecule has 112 valence electrons. The molecule has 3 nitrogen and oxygen atoms in total. The van der Waals surface area contributed by atoms with Gasteiger partial charge in [-0.3, -0.25) is 4.79 Å². The number of rotatable bonds is 4. The van der Waals surface area contributed by atoms with Crippen LogP contribution in [0.2, 0.25) is 0 Å². The number of hydrogen-bond donors (Lipinski definition) is 2. The maximum Gasteiger partial charge on any atom is 0.268 e. The van der Waals surface area contributed by atoms with Gasteiger partial charge in [-0.15, -0.1) is 0 Å². The lowest BCUT2D eigenvalue weighted by atomic mass is 9.85. The van der Waals surface area contributed by atoms with Crippen molar-refractivity contribution in [2.45, 2.75) is 33.2 Å². The fourth-order valence-corrected chi connectivity index (χ4v) is 2.63. The Morgan fingerprint density at radius 2 is 1.95 bits per heavy atom. The van der Waals surface area contributed by atoms with E-state index in [1.807, 2.05) is 18.2 Å². The topological polar surface area (TPSA) is 44.9 Å². The van der Waals surface area contributed by atoms with Crippen LogP contribution in [0.4, 0.5) is 0 Å². The summed E-state index contributed by atoms with van der Waals surface area (Å²) in [5.41, 5.74) is 1.83. The van der Waals surface area contributed by atoms with Crippen molar-refractivity contribution in [1.82, 2.24) is 10.3 Å². The highest BCUT2D eigenvalue weighted by molar-refractivity contribution is 9.10. The third-order valence-electron chi connectivity index (χ3n) is 3.22. The van der Waals surface area contributed by atoms with Crippen LogP contribution < -0.4 is 5.32 Å². The molecule has 0 radical (unpaired) electrons. The van der Waals surface area contributed by atoms with E-state index in [2.05, 4.69) is 59.1 Å². The van der Waals surface area contributed by atoms with E-state index < -0.39 is 0 Å². The smallest absolute Gasteiger partial charge is 0.268 e. The molecule has 1 amide bonds. The van der Waals surface area contributed by atoms with E-state index in [1.54, 1.807) is 12.3 Å². The molecule has 0 saturated carbocycles. The number of aromatic nitrogens is 1. The van der Waals surface area contributed by atoms with Gasteiger partial charge in [-0.2, -0.15) is 0 Å². The first-order chi connectivity index (χ1) is 9.85. The van der Waals surface area contributed by atoms with Crippen molar-refractivity contribution in [2.75, 3.05) is 0 Å². The zero-order valence-electron chi connectivity index (χ0n) is 12.6. The Morgan fingerprint density at radius 1 is 1.29 bits per heavy atom. The number of nitrogens with one attached hydrogen (secondary N) is 2. The lowest BCUT2D eigenvalue weighted by Crippen LogP contribution is -2.31. The quantitative estimate of drug-likeness (QED) is 0.827. The van der Waals surface area contributed by atoms with E-state index in [-0.39, 0.29) is 17.4 Å². The van der Waals surface area contributed by atoms with Crippen molar-refractivity contribution in [1.29, 1.82) is 0 Å². The standard InChI is InChI=1S/C17H21BrN2O/c1-17(2,3)10-15(12-7-5-4-6-8-12)20-16(21)14-9-13(18)11-19-14/h4-9,11,15,19H,10H2,1-3H3,(H,20,21). The number of H-pyrrole nitrogens is 1. The van der Waals surface area contributed by atoms with Crippen LogP contribution in [0.15, 0.2) is 47.1 Å². The van der Waals surface area contributed by atoms with Gasteiger partial charge in [0.2, 0.25) is 0 Å². The van der Waals surface area contributed by atoms with Crippen LogP contribution in [0.1, 0.15) is 49.3 Å². The maximum atomic E-state index is 12.4. The fraction of sp³-hybridized carbons (Fsp3) is 0.353. The number of aromatic amines is 1. The van der Waals surface area contributed by atoms with Gasteiger partial charge in [-0.05, 0) is 39.4 Å². The molecule has 4 heteroatoms. The van der Waals surface area contributed by atoms with E-state index in [4.69, 9.17) is 0 Å². The Hall–Kier alpha value is -1.55. The molecule has 1 heterocycles. The average Bonchev–Trinajstić information content (AvgIpc) is 2.84. The molecular formula is C17H21BrN2O. The van der Waals surface area contributed by atoms with Crippen molar-refractivity contribution in [2.24, 2.45) is 5.41 Å². The molecule has 1 unspecified atom stereocenters. The average molecular weight is 349 g/mol. The predicted molar refractivity (Wildman–Crippen MR) is 89.2 cm³/mol. The minimum Gasteiger partial charge on any atom is -0.356 e. The van der Waals surface area contributed by atoms with Crippen molar-refractivity contribution in [3.8, 4) is 0 Å². The second-order valence-electron chi connectivity index (χ2n) is 6.43. The molecular weight excluding hydrogens is 328 g/mol. The molecule has 0 aliphatic rings. The Labute approximate surface area is 134 Å². The van der Waals surface area contributed by atoms with E-state index in [0.29, 0.717) is 5.69 Å². The lowest BCUT2D eigenvalue weighted by molar-refractivity contribution is 0.0922. The first kappa shape index (κ1) is 15.8. The summed E-state index contributed by atoms with van der Waals surface area (Å²) in [5.74, 6) is -0.0844. The van der Waals surface area contributed by atoms with Gasteiger partial charge in [0.15, 0.2) is 0 Å². The second-order valence-corrected chi connectivity index (χ2v) is 7.35. The molecule has 21 heavy (non-hydrogen) atoms. The SMILES string of the molecule is CC(C)(C)CC(NC(=O)c1cc(Br)c[nH]1)c1ccccc1. The van der Waals surface area contributed by atoms with Crippen molar-refractivity contribution >= 4 is 21.8 Å². The van der Waals surface area contributed by atoms with Gasteiger partial charge in [-0.1, -0.05) is 51.1 Å². The highest BCUT2D eigenvalue weighted by Crippen LogP contribution is 2.29. The van der Waals surface area contributed by atoms with E-state index in [1.165, 1.54) is 0 Å². The Morgan fingerprint density at radius 3 is 2.48 bits per heavy atom. The molecule has 0 saturated heterocycles. The van der Waals surface area contributed by atoms with Crippen LogP contribution in [0, 0.1) is 5.41 Å². The number of halogens is 1. The molecule has 2 rings (SSSR count). The Balaban J connectivity index is 2.18. The highest BCUT2D eigenvalue weighted by Gasteiger charge is 2.22. The first-order valence-corrected chi connectivity index (χ1v) is 7.84. The fourth-order valence-electron chi connectivity index (χ4n) is 2.28. The second kappa shape index (κ2) is 6.48. The molecule has 2 N–H and O–H groups in total. The maximum absolute atomic E-state index is 12.4. The van der Waals surface area contributed by atoms with Gasteiger partial charge < -0.3 is 10.3 Å². The molecule has 0 bridgehead atoms. The van der Waals surface area contributed by atoms with Crippen LogP contribution in [0.3, 0.4) is 0 Å². The van der Waals surface area contributed by atoms with Gasteiger partial charge in [-0.25, -0.2) is 0 Å². The minimum absolute atomic E-state index is 0.000718. The van der Waals surface area contributed by atoms with Crippen LogP contribution >= 0.6 is 15.9 Å². The third-order valence-corrected chi connectivity index (χ3v) is 3.67. The predicted octanol–water partition coefficient (Wildman–Crippen LogP) is 4.68. The van der Waals surface area contributed by atoms with Crippen LogP contribution in [0.5, 0.6) is 0 Å². The molecule has 1 aromatic carbocycles. The number of carbonyl (C=O) groups excluding carboxylic acids is 1. The van der Waals surface area contributed by atoms with E-state index in [9.17, 15) is 4.79 Å². The minimum atomic E-state index is -0.0844. The molecule has 0 spiro atoms. The van der Waals surface area contributed by atoms with Crippen LogP contribution in [-0.4, -0.2) is 10.9 Å². The summed E-state index contributed by atoms with van der Waals surface area (Å²) in [4.78, 5) is 15.3. The molecule has 1 atom stereocenters. The van der Waals surface area contributed by atoms with Gasteiger partial charge in [0.1, 0.15) is 5.69 Å². The zero-order valence-corrected chi connectivity index (χ0v) is 14.2. The number of carbonyl (C=O) groups is 1. The molecule has 2 aromatic rings. The molecule has 1 aromatic heterocycles.